The van der Waals surface area contributed by atoms with Crippen molar-refractivity contribution >= 4 is 0 Å². The van der Waals surface area contributed by atoms with Gasteiger partial charge in [-0.15, -0.1) is 0 Å². The summed E-state index contributed by atoms with van der Waals surface area (Å²) in [4.78, 5) is 0. The zero-order valence-corrected chi connectivity index (χ0v) is 7.46. The first-order valence-corrected chi connectivity index (χ1v) is 3.76. The first kappa shape index (κ1) is 10.2. The Morgan fingerprint density at radius 2 is 1.91 bits per heavy atom. The Morgan fingerprint density at radius 3 is 2.36 bits per heavy atom. The van der Waals surface area contributed by atoms with Gasteiger partial charge in [-0.3, -0.25) is 0 Å². The molecule has 0 unspecified atom stereocenters. The van der Waals surface area contributed by atoms with Crippen molar-refractivity contribution in [2.45, 2.75) is 20.8 Å². The summed E-state index contributed by atoms with van der Waals surface area (Å²) in [7, 11) is 0. The molecule has 0 heterocycles. The molecule has 0 saturated heterocycles. The van der Waals surface area contributed by atoms with E-state index in [0.717, 1.165) is 5.57 Å². The van der Waals surface area contributed by atoms with Crippen molar-refractivity contribution in [1.82, 2.24) is 0 Å². The normalized spacial score (nSPS) is 12.2. The van der Waals surface area contributed by atoms with Crippen molar-refractivity contribution in [3.8, 4) is 0 Å². The lowest BCUT2D eigenvalue weighted by Gasteiger charge is -1.87. The third-order valence-electron chi connectivity index (χ3n) is 1.20. The molecular formula is C10H16O. The fourth-order valence-electron chi connectivity index (χ4n) is 0.604. The third kappa shape index (κ3) is 7.07. The average molecular weight is 152 g/mol. The average Bonchev–Trinajstić information content (AvgIpc) is 1.87. The van der Waals surface area contributed by atoms with Gasteiger partial charge in [-0.25, -0.2) is 0 Å². The zero-order valence-electron chi connectivity index (χ0n) is 7.46. The molecule has 0 aliphatic carbocycles. The molecule has 62 valence electrons. The van der Waals surface area contributed by atoms with E-state index in [2.05, 4.69) is 13.8 Å². The molecule has 0 aliphatic heterocycles. The Labute approximate surface area is 68.7 Å². The molecule has 0 radical (unpaired) electrons. The molecule has 0 aromatic rings. The Balaban J connectivity index is 3.93. The lowest BCUT2D eigenvalue weighted by atomic mass is 10.2. The third-order valence-corrected chi connectivity index (χ3v) is 1.20. The van der Waals surface area contributed by atoms with Gasteiger partial charge < -0.3 is 5.11 Å². The highest BCUT2D eigenvalue weighted by molar-refractivity contribution is 5.21. The summed E-state index contributed by atoms with van der Waals surface area (Å²) < 4.78 is 0. The molecule has 11 heavy (non-hydrogen) atoms. The number of allylic oxidation sites excluding steroid dienone is 5. The van der Waals surface area contributed by atoms with Crippen molar-refractivity contribution in [2.24, 2.45) is 0 Å². The van der Waals surface area contributed by atoms with E-state index in [0.29, 0.717) is 0 Å². The van der Waals surface area contributed by atoms with Crippen molar-refractivity contribution < 1.29 is 5.11 Å². The summed E-state index contributed by atoms with van der Waals surface area (Å²) in [5.74, 6) is 0. The van der Waals surface area contributed by atoms with Crippen LogP contribution < -0.4 is 0 Å². The van der Waals surface area contributed by atoms with E-state index in [4.69, 9.17) is 5.11 Å². The molecule has 0 aliphatic rings. The largest absolute Gasteiger partial charge is 0.392 e. The molecule has 0 fully saturated rings. The first-order valence-electron chi connectivity index (χ1n) is 3.76. The summed E-state index contributed by atoms with van der Waals surface area (Å²) in [5, 5.41) is 8.52. The van der Waals surface area contributed by atoms with Crippen LogP contribution in [0.25, 0.3) is 0 Å². The Bertz CT molecular complexity index is 181. The van der Waals surface area contributed by atoms with Crippen LogP contribution in [0.15, 0.2) is 35.5 Å². The van der Waals surface area contributed by atoms with E-state index in [9.17, 15) is 0 Å². The smallest absolute Gasteiger partial charge is 0.0617 e. The molecule has 0 bridgehead atoms. The highest BCUT2D eigenvalue weighted by Crippen LogP contribution is 1.96. The fraction of sp³-hybridized carbons (Fsp3) is 0.400. The molecule has 0 spiro atoms. The van der Waals surface area contributed by atoms with E-state index in [1.165, 1.54) is 5.57 Å². The van der Waals surface area contributed by atoms with Crippen LogP contribution in [-0.2, 0) is 0 Å². The molecule has 0 rings (SSSR count). The Hall–Kier alpha value is -0.820. The van der Waals surface area contributed by atoms with Gasteiger partial charge >= 0.3 is 0 Å². The SMILES string of the molecule is CC(C)=C/C=C/C(C)=C/CO. The summed E-state index contributed by atoms with van der Waals surface area (Å²) in [5.41, 5.74) is 2.36. The monoisotopic (exact) mass is 152 g/mol. The second-order valence-corrected chi connectivity index (χ2v) is 2.73. The summed E-state index contributed by atoms with van der Waals surface area (Å²) in [6.07, 6.45) is 7.77. The molecular weight excluding hydrogens is 136 g/mol. The van der Waals surface area contributed by atoms with Crippen LogP contribution in [0.4, 0.5) is 0 Å². The minimum atomic E-state index is 0.116. The maximum atomic E-state index is 8.52. The van der Waals surface area contributed by atoms with E-state index < -0.39 is 0 Å². The van der Waals surface area contributed by atoms with Gasteiger partial charge in [-0.2, -0.15) is 0 Å². The van der Waals surface area contributed by atoms with Gasteiger partial charge in [0.1, 0.15) is 0 Å². The molecule has 0 aromatic carbocycles. The predicted molar refractivity (Wildman–Crippen MR) is 49.4 cm³/mol. The van der Waals surface area contributed by atoms with E-state index in [1.807, 2.05) is 25.2 Å². The van der Waals surface area contributed by atoms with Crippen molar-refractivity contribution in [2.75, 3.05) is 6.61 Å². The van der Waals surface area contributed by atoms with Gasteiger partial charge in [0.2, 0.25) is 0 Å². The van der Waals surface area contributed by atoms with Crippen LogP contribution in [0.3, 0.4) is 0 Å². The molecule has 1 N–H and O–H groups in total. The lowest BCUT2D eigenvalue weighted by molar-refractivity contribution is 0.342. The number of aliphatic hydroxyl groups excluding tert-OH is 1. The van der Waals surface area contributed by atoms with Gasteiger partial charge in [0.25, 0.3) is 0 Å². The highest BCUT2D eigenvalue weighted by atomic mass is 16.2. The highest BCUT2D eigenvalue weighted by Gasteiger charge is 1.77. The molecule has 0 atom stereocenters. The molecule has 1 heteroatoms. The lowest BCUT2D eigenvalue weighted by Crippen LogP contribution is -1.74. The van der Waals surface area contributed by atoms with Gasteiger partial charge in [-0.05, 0) is 20.8 Å². The van der Waals surface area contributed by atoms with Crippen LogP contribution in [0, 0.1) is 0 Å². The summed E-state index contributed by atoms with van der Waals surface area (Å²) >= 11 is 0. The van der Waals surface area contributed by atoms with Crippen molar-refractivity contribution in [3.63, 3.8) is 0 Å². The van der Waals surface area contributed by atoms with Crippen LogP contribution >= 0.6 is 0 Å². The van der Waals surface area contributed by atoms with Crippen molar-refractivity contribution in [1.29, 1.82) is 0 Å². The van der Waals surface area contributed by atoms with E-state index in [-0.39, 0.29) is 6.61 Å². The van der Waals surface area contributed by atoms with Crippen LogP contribution in [0.2, 0.25) is 0 Å². The van der Waals surface area contributed by atoms with E-state index in [1.54, 1.807) is 6.08 Å². The number of hydrogen-bond acceptors (Lipinski definition) is 1. The molecule has 0 saturated carbocycles. The van der Waals surface area contributed by atoms with Gasteiger partial charge in [-0.1, -0.05) is 35.5 Å². The van der Waals surface area contributed by atoms with Gasteiger partial charge in [0, 0.05) is 0 Å². The quantitative estimate of drug-likeness (QED) is 0.616. The number of rotatable bonds is 3. The Morgan fingerprint density at radius 1 is 1.27 bits per heavy atom. The first-order chi connectivity index (χ1) is 5.16. The van der Waals surface area contributed by atoms with Crippen LogP contribution in [-0.4, -0.2) is 11.7 Å². The predicted octanol–water partition coefficient (Wildman–Crippen LogP) is 2.45. The maximum Gasteiger partial charge on any atom is 0.0617 e. The summed E-state index contributed by atoms with van der Waals surface area (Å²) in [6.45, 7) is 6.18. The van der Waals surface area contributed by atoms with Gasteiger partial charge in [0.05, 0.1) is 6.61 Å². The van der Waals surface area contributed by atoms with E-state index >= 15 is 0 Å². The standard InChI is InChI=1S/C10H16O/c1-9(2)5-4-6-10(3)7-8-11/h4-7,11H,8H2,1-3H3/b6-4+,10-7+. The number of aliphatic hydroxyl groups is 1. The Kier molecular flexibility index (Phi) is 5.49. The molecule has 1 nitrogen and oxygen atoms in total. The molecule has 0 amide bonds. The second kappa shape index (κ2) is 5.93. The maximum absolute atomic E-state index is 8.52. The minimum Gasteiger partial charge on any atom is -0.392 e. The second-order valence-electron chi connectivity index (χ2n) is 2.73. The van der Waals surface area contributed by atoms with Crippen LogP contribution in [0.5, 0.6) is 0 Å². The fourth-order valence-corrected chi connectivity index (χ4v) is 0.604. The van der Waals surface area contributed by atoms with Crippen LogP contribution in [0.1, 0.15) is 20.8 Å². The topological polar surface area (TPSA) is 20.2 Å². The zero-order chi connectivity index (χ0) is 8.69. The van der Waals surface area contributed by atoms with Gasteiger partial charge in [0.15, 0.2) is 0 Å². The van der Waals surface area contributed by atoms with Crippen molar-refractivity contribution in [3.05, 3.63) is 35.5 Å². The number of hydrogen-bond donors (Lipinski definition) is 1. The summed E-state index contributed by atoms with van der Waals surface area (Å²) in [6, 6.07) is 0. The minimum absolute atomic E-state index is 0.116. The molecule has 0 aromatic heterocycles.